The maximum absolute atomic E-state index is 5.34. The van der Waals surface area contributed by atoms with Crippen LogP contribution in [-0.2, 0) is 0 Å². The monoisotopic (exact) mass is 206 g/mol. The molecule has 0 radical (unpaired) electrons. The minimum atomic E-state index is 0.422. The number of rotatable bonds is 3. The van der Waals surface area contributed by atoms with Crippen LogP contribution in [0.1, 0.15) is 36.5 Å². The Morgan fingerprint density at radius 2 is 2.07 bits per heavy atom. The fraction of sp³-hybridized carbons (Fsp3) is 0.417. The predicted octanol–water partition coefficient (Wildman–Crippen LogP) is 2.42. The Kier molecular flexibility index (Phi) is 3.72. The number of hydrogen-bond acceptors (Lipinski definition) is 3. The molecule has 0 fully saturated rings. The largest absolute Gasteiger partial charge is 0.496 e. The topological polar surface area (TPSA) is 47.6 Å². The molecule has 3 nitrogen and oxygen atoms in total. The van der Waals surface area contributed by atoms with Crippen molar-refractivity contribution in [2.75, 3.05) is 7.11 Å². The van der Waals surface area contributed by atoms with Gasteiger partial charge in [-0.2, -0.15) is 5.10 Å². The van der Waals surface area contributed by atoms with Crippen molar-refractivity contribution in [2.24, 2.45) is 10.9 Å². The number of nitrogens with zero attached hydrogens (tertiary/aromatic N) is 1. The molecule has 1 aromatic rings. The van der Waals surface area contributed by atoms with Crippen molar-refractivity contribution in [2.45, 2.75) is 26.7 Å². The van der Waals surface area contributed by atoms with Gasteiger partial charge in [0.1, 0.15) is 5.75 Å². The van der Waals surface area contributed by atoms with E-state index in [0.717, 1.165) is 16.9 Å². The van der Waals surface area contributed by atoms with Crippen LogP contribution in [0.2, 0.25) is 0 Å². The minimum absolute atomic E-state index is 0.422. The van der Waals surface area contributed by atoms with Gasteiger partial charge in [0.15, 0.2) is 0 Å². The molecule has 0 aliphatic heterocycles. The molecule has 0 bridgehead atoms. The van der Waals surface area contributed by atoms with E-state index in [4.69, 9.17) is 10.6 Å². The summed E-state index contributed by atoms with van der Waals surface area (Å²) in [5.74, 6) is 6.51. The average Bonchev–Trinajstić information content (AvgIpc) is 2.20. The number of ether oxygens (including phenoxy) is 1. The molecule has 0 saturated carbocycles. The highest BCUT2D eigenvalue weighted by molar-refractivity contribution is 5.82. The van der Waals surface area contributed by atoms with Gasteiger partial charge in [-0.05, 0) is 41.7 Å². The first kappa shape index (κ1) is 11.6. The standard InChI is InChI=1S/C12H18N2O/c1-8(2)11-6-10(7-14-13)9(3)5-12(11)15-4/h5-8H,13H2,1-4H3. The molecule has 1 aromatic carbocycles. The fourth-order valence-corrected chi connectivity index (χ4v) is 1.56. The molecule has 0 saturated heterocycles. The first-order valence-corrected chi connectivity index (χ1v) is 5.02. The zero-order chi connectivity index (χ0) is 11.4. The Morgan fingerprint density at radius 3 is 2.53 bits per heavy atom. The number of hydrazone groups is 1. The van der Waals surface area contributed by atoms with E-state index in [9.17, 15) is 0 Å². The molecular formula is C12H18N2O. The number of methoxy groups -OCH3 is 1. The summed E-state index contributed by atoms with van der Waals surface area (Å²) in [6, 6.07) is 4.10. The summed E-state index contributed by atoms with van der Waals surface area (Å²) >= 11 is 0. The van der Waals surface area contributed by atoms with E-state index in [1.165, 1.54) is 5.56 Å². The van der Waals surface area contributed by atoms with Crippen LogP contribution in [0.25, 0.3) is 0 Å². The van der Waals surface area contributed by atoms with Gasteiger partial charge in [-0.25, -0.2) is 0 Å². The van der Waals surface area contributed by atoms with Crippen LogP contribution < -0.4 is 10.6 Å². The summed E-state index contributed by atoms with van der Waals surface area (Å²) < 4.78 is 5.34. The molecule has 0 amide bonds. The Balaban J connectivity index is 3.30. The third-order valence-corrected chi connectivity index (χ3v) is 2.45. The van der Waals surface area contributed by atoms with Crippen LogP contribution in [0.15, 0.2) is 17.2 Å². The number of nitrogens with two attached hydrogens (primary N) is 1. The van der Waals surface area contributed by atoms with Crippen molar-refractivity contribution in [3.63, 3.8) is 0 Å². The average molecular weight is 206 g/mol. The fourth-order valence-electron chi connectivity index (χ4n) is 1.56. The van der Waals surface area contributed by atoms with Crippen LogP contribution in [0.4, 0.5) is 0 Å². The Morgan fingerprint density at radius 1 is 1.40 bits per heavy atom. The zero-order valence-corrected chi connectivity index (χ0v) is 9.74. The van der Waals surface area contributed by atoms with E-state index in [-0.39, 0.29) is 0 Å². The SMILES string of the molecule is COc1cc(C)c(C=NN)cc1C(C)C. The first-order chi connectivity index (χ1) is 7.10. The zero-order valence-electron chi connectivity index (χ0n) is 9.74. The Bertz CT molecular complexity index is 370. The number of aryl methyl sites for hydroxylation is 1. The van der Waals surface area contributed by atoms with Crippen LogP contribution in [-0.4, -0.2) is 13.3 Å². The van der Waals surface area contributed by atoms with Gasteiger partial charge in [0.25, 0.3) is 0 Å². The highest BCUT2D eigenvalue weighted by Gasteiger charge is 2.09. The molecule has 1 rings (SSSR count). The molecule has 0 unspecified atom stereocenters. The van der Waals surface area contributed by atoms with Gasteiger partial charge in [-0.1, -0.05) is 13.8 Å². The van der Waals surface area contributed by atoms with Crippen molar-refractivity contribution in [3.8, 4) is 5.75 Å². The second kappa shape index (κ2) is 4.82. The summed E-state index contributed by atoms with van der Waals surface area (Å²) in [5, 5.41) is 3.56. The highest BCUT2D eigenvalue weighted by atomic mass is 16.5. The van der Waals surface area contributed by atoms with Crippen LogP contribution in [0, 0.1) is 6.92 Å². The smallest absolute Gasteiger partial charge is 0.122 e. The van der Waals surface area contributed by atoms with Crippen molar-refractivity contribution in [1.82, 2.24) is 0 Å². The lowest BCUT2D eigenvalue weighted by molar-refractivity contribution is 0.407. The van der Waals surface area contributed by atoms with Gasteiger partial charge in [0.2, 0.25) is 0 Å². The van der Waals surface area contributed by atoms with Gasteiger partial charge in [0, 0.05) is 0 Å². The highest BCUT2D eigenvalue weighted by Crippen LogP contribution is 2.28. The lowest BCUT2D eigenvalue weighted by Crippen LogP contribution is -1.99. The molecule has 82 valence electrons. The molecule has 0 heterocycles. The molecule has 0 spiro atoms. The minimum Gasteiger partial charge on any atom is -0.496 e. The van der Waals surface area contributed by atoms with Crippen LogP contribution in [0.5, 0.6) is 5.75 Å². The van der Waals surface area contributed by atoms with Crippen molar-refractivity contribution in [3.05, 3.63) is 28.8 Å². The summed E-state index contributed by atoms with van der Waals surface area (Å²) in [4.78, 5) is 0. The van der Waals surface area contributed by atoms with E-state index >= 15 is 0 Å². The lowest BCUT2D eigenvalue weighted by Gasteiger charge is -2.14. The molecule has 0 aliphatic carbocycles. The van der Waals surface area contributed by atoms with Crippen LogP contribution >= 0.6 is 0 Å². The van der Waals surface area contributed by atoms with E-state index in [2.05, 4.69) is 25.0 Å². The Labute approximate surface area is 90.9 Å². The van der Waals surface area contributed by atoms with Gasteiger partial charge in [-0.3, -0.25) is 0 Å². The third kappa shape index (κ3) is 2.49. The molecular weight excluding hydrogens is 188 g/mol. The molecule has 15 heavy (non-hydrogen) atoms. The molecule has 2 N–H and O–H groups in total. The van der Waals surface area contributed by atoms with Gasteiger partial charge < -0.3 is 10.6 Å². The number of benzene rings is 1. The number of hydrogen-bond donors (Lipinski definition) is 1. The molecule has 3 heteroatoms. The lowest BCUT2D eigenvalue weighted by atomic mass is 9.97. The second-order valence-electron chi connectivity index (χ2n) is 3.88. The molecule has 0 atom stereocenters. The summed E-state index contributed by atoms with van der Waals surface area (Å²) in [6.45, 7) is 6.29. The summed E-state index contributed by atoms with van der Waals surface area (Å²) in [5.41, 5.74) is 3.34. The van der Waals surface area contributed by atoms with E-state index in [1.54, 1.807) is 13.3 Å². The van der Waals surface area contributed by atoms with E-state index < -0.39 is 0 Å². The van der Waals surface area contributed by atoms with Gasteiger partial charge in [-0.15, -0.1) is 0 Å². The maximum atomic E-state index is 5.34. The molecule has 0 aromatic heterocycles. The Hall–Kier alpha value is -1.51. The summed E-state index contributed by atoms with van der Waals surface area (Å²) in [7, 11) is 1.69. The van der Waals surface area contributed by atoms with Gasteiger partial charge in [0.05, 0.1) is 13.3 Å². The predicted molar refractivity (Wildman–Crippen MR) is 63.6 cm³/mol. The quantitative estimate of drug-likeness (QED) is 0.469. The molecule has 0 aliphatic rings. The van der Waals surface area contributed by atoms with Crippen molar-refractivity contribution in [1.29, 1.82) is 0 Å². The first-order valence-electron chi connectivity index (χ1n) is 5.02. The summed E-state index contributed by atoms with van der Waals surface area (Å²) in [6.07, 6.45) is 1.67. The second-order valence-corrected chi connectivity index (χ2v) is 3.88. The maximum Gasteiger partial charge on any atom is 0.122 e. The third-order valence-electron chi connectivity index (χ3n) is 2.45. The normalized spacial score (nSPS) is 11.3. The van der Waals surface area contributed by atoms with Crippen LogP contribution in [0.3, 0.4) is 0 Å². The van der Waals surface area contributed by atoms with E-state index in [1.807, 2.05) is 13.0 Å². The van der Waals surface area contributed by atoms with Crippen molar-refractivity contribution < 1.29 is 4.74 Å². The van der Waals surface area contributed by atoms with E-state index in [0.29, 0.717) is 5.92 Å². The van der Waals surface area contributed by atoms with Crippen molar-refractivity contribution >= 4 is 6.21 Å². The van der Waals surface area contributed by atoms with Gasteiger partial charge >= 0.3 is 0 Å².